The molecule has 2 rings (SSSR count). The lowest BCUT2D eigenvalue weighted by Gasteiger charge is -2.21. The van der Waals surface area contributed by atoms with Gasteiger partial charge in [0.05, 0.1) is 19.3 Å². The first-order valence-corrected chi connectivity index (χ1v) is 6.01. The number of hydrogen-bond acceptors (Lipinski definition) is 5. The van der Waals surface area contributed by atoms with Crippen molar-refractivity contribution in [2.75, 3.05) is 32.9 Å². The second kappa shape index (κ2) is 10.5. The van der Waals surface area contributed by atoms with Crippen LogP contribution in [0, 0.1) is 0 Å². The third-order valence-electron chi connectivity index (χ3n) is 2.66. The number of carboxylic acids is 1. The largest absolute Gasteiger partial charge is 0.479 e. The number of aliphatic hydroxyl groups excluding tert-OH is 1. The number of hydrogen-bond donors (Lipinski definition) is 3. The second-order valence-corrected chi connectivity index (χ2v) is 4.07. The third-order valence-corrected chi connectivity index (χ3v) is 2.66. The molecule has 0 aromatic carbocycles. The Labute approximate surface area is 113 Å². The summed E-state index contributed by atoms with van der Waals surface area (Å²) in [5.74, 6) is -0.824. The first-order chi connectivity index (χ1) is 8.24. The molecule has 6 nitrogen and oxygen atoms in total. The van der Waals surface area contributed by atoms with E-state index in [-0.39, 0.29) is 25.1 Å². The van der Waals surface area contributed by atoms with E-state index in [0.717, 1.165) is 32.5 Å². The van der Waals surface area contributed by atoms with Crippen LogP contribution in [0.4, 0.5) is 0 Å². The lowest BCUT2D eigenvalue weighted by molar-refractivity contribution is -0.153. The number of aliphatic carboxylic acids is 1. The van der Waals surface area contributed by atoms with Gasteiger partial charge in [-0.3, -0.25) is 0 Å². The molecular formula is C11H22ClNO5. The minimum atomic E-state index is -0.824. The van der Waals surface area contributed by atoms with Gasteiger partial charge < -0.3 is 25.0 Å². The van der Waals surface area contributed by atoms with E-state index in [1.165, 1.54) is 0 Å². The molecule has 0 aromatic heterocycles. The van der Waals surface area contributed by atoms with Crippen LogP contribution in [0.2, 0.25) is 0 Å². The maximum absolute atomic E-state index is 10.2. The molecule has 2 aliphatic heterocycles. The number of carboxylic acid groups (broad SMARTS) is 1. The molecule has 2 heterocycles. The molecule has 0 bridgehead atoms. The zero-order chi connectivity index (χ0) is 12.5. The molecule has 0 amide bonds. The number of carbonyl (C=O) groups is 1. The Bertz CT molecular complexity index is 217. The molecule has 0 aliphatic carbocycles. The molecule has 2 fully saturated rings. The van der Waals surface area contributed by atoms with Crippen LogP contribution >= 0.6 is 12.4 Å². The van der Waals surface area contributed by atoms with Crippen molar-refractivity contribution in [1.82, 2.24) is 5.32 Å². The number of morpholine rings is 1. The van der Waals surface area contributed by atoms with E-state index in [9.17, 15) is 4.79 Å². The van der Waals surface area contributed by atoms with Crippen LogP contribution in [0.5, 0.6) is 0 Å². The zero-order valence-electron chi connectivity index (χ0n) is 10.3. The quantitative estimate of drug-likeness (QED) is 0.663. The highest BCUT2D eigenvalue weighted by atomic mass is 35.5. The summed E-state index contributed by atoms with van der Waals surface area (Å²) < 4.78 is 10.1. The van der Waals surface area contributed by atoms with E-state index >= 15 is 0 Å². The van der Waals surface area contributed by atoms with Crippen LogP contribution in [0.1, 0.15) is 19.3 Å². The normalized spacial score (nSPS) is 27.4. The van der Waals surface area contributed by atoms with Gasteiger partial charge in [-0.15, -0.1) is 12.4 Å². The van der Waals surface area contributed by atoms with Crippen LogP contribution in [-0.2, 0) is 14.3 Å². The highest BCUT2D eigenvalue weighted by Crippen LogP contribution is 2.11. The summed E-state index contributed by atoms with van der Waals surface area (Å²) in [5.41, 5.74) is 0. The van der Waals surface area contributed by atoms with Crippen molar-refractivity contribution < 1.29 is 24.5 Å². The number of rotatable bonds is 2. The summed E-state index contributed by atoms with van der Waals surface area (Å²) in [6.45, 7) is 3.17. The number of aliphatic hydroxyl groups is 1. The summed E-state index contributed by atoms with van der Waals surface area (Å²) in [6.07, 6.45) is 2.17. The minimum absolute atomic E-state index is 0. The summed E-state index contributed by atoms with van der Waals surface area (Å²) in [6, 6.07) is 0. The Balaban J connectivity index is 0.000000306. The monoisotopic (exact) mass is 283 g/mol. The molecular weight excluding hydrogens is 262 g/mol. The van der Waals surface area contributed by atoms with Crippen LogP contribution in [0.15, 0.2) is 0 Å². The highest BCUT2D eigenvalue weighted by molar-refractivity contribution is 5.85. The fourth-order valence-corrected chi connectivity index (χ4v) is 1.67. The van der Waals surface area contributed by atoms with E-state index < -0.39 is 12.1 Å². The predicted octanol–water partition coefficient (Wildman–Crippen LogP) is 0.0290. The number of nitrogens with one attached hydrogen (secondary N) is 1. The molecule has 2 unspecified atom stereocenters. The lowest BCUT2D eigenvalue weighted by Crippen LogP contribution is -2.40. The molecule has 0 saturated carbocycles. The van der Waals surface area contributed by atoms with Gasteiger partial charge in [-0.2, -0.15) is 0 Å². The Hall–Kier alpha value is -0.400. The molecule has 0 aromatic rings. The molecule has 108 valence electrons. The van der Waals surface area contributed by atoms with Crippen molar-refractivity contribution in [3.63, 3.8) is 0 Å². The molecule has 18 heavy (non-hydrogen) atoms. The summed E-state index contributed by atoms with van der Waals surface area (Å²) >= 11 is 0. The Morgan fingerprint density at radius 3 is 2.39 bits per heavy atom. The maximum Gasteiger partial charge on any atom is 0.332 e. The van der Waals surface area contributed by atoms with Gasteiger partial charge in [-0.05, 0) is 19.3 Å². The summed E-state index contributed by atoms with van der Waals surface area (Å²) in [4.78, 5) is 10.2. The first-order valence-electron chi connectivity index (χ1n) is 6.01. The zero-order valence-corrected chi connectivity index (χ0v) is 11.2. The van der Waals surface area contributed by atoms with Gasteiger partial charge in [-0.1, -0.05) is 0 Å². The predicted molar refractivity (Wildman–Crippen MR) is 68.2 cm³/mol. The molecule has 2 aliphatic rings. The average Bonchev–Trinajstić information content (AvgIpc) is 2.41. The van der Waals surface area contributed by atoms with Crippen LogP contribution < -0.4 is 5.32 Å². The second-order valence-electron chi connectivity index (χ2n) is 4.07. The van der Waals surface area contributed by atoms with Crippen LogP contribution in [0.25, 0.3) is 0 Å². The molecule has 0 radical (unpaired) electrons. The van der Waals surface area contributed by atoms with Gasteiger partial charge in [0, 0.05) is 19.7 Å². The Kier molecular flexibility index (Phi) is 10.3. The highest BCUT2D eigenvalue weighted by Gasteiger charge is 2.20. The van der Waals surface area contributed by atoms with Gasteiger partial charge in [0.1, 0.15) is 0 Å². The molecule has 2 atom stereocenters. The minimum Gasteiger partial charge on any atom is -0.479 e. The van der Waals surface area contributed by atoms with E-state index in [0.29, 0.717) is 13.0 Å². The summed E-state index contributed by atoms with van der Waals surface area (Å²) in [7, 11) is 0. The molecule has 2 saturated heterocycles. The van der Waals surface area contributed by atoms with Crippen molar-refractivity contribution in [2.24, 2.45) is 0 Å². The topological polar surface area (TPSA) is 88.0 Å². The SMILES string of the molecule is Cl.O=C(O)C1CCCCO1.OCC1CNCCO1. The van der Waals surface area contributed by atoms with Gasteiger partial charge in [0.15, 0.2) is 6.10 Å². The molecule has 0 spiro atoms. The van der Waals surface area contributed by atoms with Crippen molar-refractivity contribution in [2.45, 2.75) is 31.5 Å². The first kappa shape index (κ1) is 17.6. The molecule has 3 N–H and O–H groups in total. The Morgan fingerprint density at radius 2 is 2.06 bits per heavy atom. The summed E-state index contributed by atoms with van der Waals surface area (Å²) in [5, 5.41) is 20.0. The third kappa shape index (κ3) is 7.13. The van der Waals surface area contributed by atoms with E-state index in [4.69, 9.17) is 19.7 Å². The van der Waals surface area contributed by atoms with Gasteiger partial charge >= 0.3 is 5.97 Å². The standard InChI is InChI=1S/C6H10O3.C5H11NO2.ClH/c7-6(8)5-3-1-2-4-9-5;7-4-5-3-6-1-2-8-5;/h5H,1-4H2,(H,7,8);5-7H,1-4H2;1H. The van der Waals surface area contributed by atoms with E-state index in [1.54, 1.807) is 0 Å². The van der Waals surface area contributed by atoms with Crippen molar-refractivity contribution in [1.29, 1.82) is 0 Å². The van der Waals surface area contributed by atoms with E-state index in [1.807, 2.05) is 0 Å². The number of halogens is 1. The lowest BCUT2D eigenvalue weighted by atomic mass is 10.1. The van der Waals surface area contributed by atoms with E-state index in [2.05, 4.69) is 5.32 Å². The molecule has 7 heteroatoms. The van der Waals surface area contributed by atoms with Crippen molar-refractivity contribution in [3.05, 3.63) is 0 Å². The number of ether oxygens (including phenoxy) is 2. The van der Waals surface area contributed by atoms with Gasteiger partial charge in [0.2, 0.25) is 0 Å². The van der Waals surface area contributed by atoms with Crippen LogP contribution in [-0.4, -0.2) is 61.3 Å². The van der Waals surface area contributed by atoms with Gasteiger partial charge in [0.25, 0.3) is 0 Å². The van der Waals surface area contributed by atoms with Crippen molar-refractivity contribution >= 4 is 18.4 Å². The smallest absolute Gasteiger partial charge is 0.332 e. The van der Waals surface area contributed by atoms with Gasteiger partial charge in [-0.25, -0.2) is 4.79 Å². The fourth-order valence-electron chi connectivity index (χ4n) is 1.67. The maximum atomic E-state index is 10.2. The average molecular weight is 284 g/mol. The fraction of sp³-hybridized carbons (Fsp3) is 0.909. The Morgan fingerprint density at radius 1 is 1.28 bits per heavy atom. The van der Waals surface area contributed by atoms with Crippen molar-refractivity contribution in [3.8, 4) is 0 Å². The van der Waals surface area contributed by atoms with Crippen LogP contribution in [0.3, 0.4) is 0 Å².